The molecule has 0 unspecified atom stereocenters. The van der Waals surface area contributed by atoms with Crippen molar-refractivity contribution in [3.8, 4) is 0 Å². The van der Waals surface area contributed by atoms with Gasteiger partial charge in [-0.05, 0) is 31.2 Å². The van der Waals surface area contributed by atoms with Crippen LogP contribution in [0.1, 0.15) is 33.1 Å². The summed E-state index contributed by atoms with van der Waals surface area (Å²) >= 11 is 0. The Hall–Kier alpha value is -1.25. The van der Waals surface area contributed by atoms with Crippen LogP contribution in [0.25, 0.3) is 0 Å². The summed E-state index contributed by atoms with van der Waals surface area (Å²) < 4.78 is 0. The van der Waals surface area contributed by atoms with E-state index in [0.717, 1.165) is 24.2 Å². The molecule has 0 saturated heterocycles. The summed E-state index contributed by atoms with van der Waals surface area (Å²) in [5.41, 5.74) is 2.36. The van der Waals surface area contributed by atoms with Gasteiger partial charge in [0.1, 0.15) is 0 Å². The number of anilines is 2. The van der Waals surface area contributed by atoms with Gasteiger partial charge in [-0.15, -0.1) is 0 Å². The van der Waals surface area contributed by atoms with Crippen LogP contribution in [0.15, 0.2) is 18.5 Å². The number of nitrogens with one attached hydrogen (secondary N) is 1. The van der Waals surface area contributed by atoms with Gasteiger partial charge in [-0.1, -0.05) is 13.8 Å². The van der Waals surface area contributed by atoms with E-state index in [1.165, 1.54) is 24.9 Å². The lowest BCUT2D eigenvalue weighted by molar-refractivity contribution is 0.570. The predicted molar refractivity (Wildman–Crippen MR) is 73.6 cm³/mol. The third-order valence-corrected chi connectivity index (χ3v) is 3.28. The third kappa shape index (κ3) is 3.35. The van der Waals surface area contributed by atoms with E-state index in [4.69, 9.17) is 0 Å². The highest BCUT2D eigenvalue weighted by atomic mass is 15.2. The minimum atomic E-state index is 0.752. The summed E-state index contributed by atoms with van der Waals surface area (Å²) in [6, 6.07) is 2.95. The van der Waals surface area contributed by atoms with Crippen molar-refractivity contribution in [3.63, 3.8) is 0 Å². The van der Waals surface area contributed by atoms with E-state index >= 15 is 0 Å². The molecule has 1 aromatic heterocycles. The lowest BCUT2D eigenvalue weighted by atomic mass is 10.1. The van der Waals surface area contributed by atoms with Crippen molar-refractivity contribution >= 4 is 11.4 Å². The van der Waals surface area contributed by atoms with Crippen LogP contribution in [0.3, 0.4) is 0 Å². The van der Waals surface area contributed by atoms with Gasteiger partial charge in [0.2, 0.25) is 0 Å². The smallest absolute Gasteiger partial charge is 0.0575 e. The van der Waals surface area contributed by atoms with Gasteiger partial charge in [0.25, 0.3) is 0 Å². The van der Waals surface area contributed by atoms with Crippen LogP contribution in [-0.4, -0.2) is 24.6 Å². The quantitative estimate of drug-likeness (QED) is 0.818. The Bertz CT molecular complexity index is 358. The molecular formula is C14H23N3. The van der Waals surface area contributed by atoms with Crippen molar-refractivity contribution in [2.45, 2.75) is 39.2 Å². The Balaban J connectivity index is 2.08. The average Bonchev–Trinajstić information content (AvgIpc) is 3.14. The predicted octanol–water partition coefficient (Wildman–Crippen LogP) is 3.14. The topological polar surface area (TPSA) is 28.2 Å². The Labute approximate surface area is 104 Å². The minimum Gasteiger partial charge on any atom is -0.387 e. The first-order chi connectivity index (χ1) is 8.20. The van der Waals surface area contributed by atoms with E-state index in [1.807, 2.05) is 19.4 Å². The van der Waals surface area contributed by atoms with Crippen LogP contribution in [0.2, 0.25) is 0 Å². The Kier molecular flexibility index (Phi) is 3.87. The van der Waals surface area contributed by atoms with E-state index < -0.39 is 0 Å². The Morgan fingerprint density at radius 3 is 2.76 bits per heavy atom. The second-order valence-corrected chi connectivity index (χ2v) is 5.29. The van der Waals surface area contributed by atoms with Crippen molar-refractivity contribution in [1.29, 1.82) is 0 Å². The zero-order valence-electron chi connectivity index (χ0n) is 11.1. The normalized spacial score (nSPS) is 15.1. The third-order valence-electron chi connectivity index (χ3n) is 3.28. The molecule has 1 aliphatic carbocycles. The SMILES string of the molecule is CNc1cncc(N(CCC(C)C)C2CC2)c1. The zero-order valence-corrected chi connectivity index (χ0v) is 11.1. The van der Waals surface area contributed by atoms with Crippen molar-refractivity contribution in [2.75, 3.05) is 23.8 Å². The maximum atomic E-state index is 4.31. The molecule has 3 heteroatoms. The van der Waals surface area contributed by atoms with Gasteiger partial charge in [0, 0.05) is 19.6 Å². The van der Waals surface area contributed by atoms with Gasteiger partial charge >= 0.3 is 0 Å². The van der Waals surface area contributed by atoms with Crippen LogP contribution in [0.5, 0.6) is 0 Å². The monoisotopic (exact) mass is 233 g/mol. The first-order valence-corrected chi connectivity index (χ1v) is 6.60. The standard InChI is InChI=1S/C14H23N3/c1-11(2)6-7-17(13-4-5-13)14-8-12(15-3)9-16-10-14/h8-11,13,15H,4-7H2,1-3H3. The minimum absolute atomic E-state index is 0.752. The summed E-state index contributed by atoms with van der Waals surface area (Å²) in [4.78, 5) is 6.83. The molecule has 0 aromatic carbocycles. The number of nitrogens with zero attached hydrogens (tertiary/aromatic N) is 2. The van der Waals surface area contributed by atoms with Crippen LogP contribution < -0.4 is 10.2 Å². The molecule has 1 aliphatic rings. The Morgan fingerprint density at radius 1 is 1.41 bits per heavy atom. The molecule has 0 bridgehead atoms. The van der Waals surface area contributed by atoms with Crippen molar-refractivity contribution in [3.05, 3.63) is 18.5 Å². The summed E-state index contributed by atoms with van der Waals surface area (Å²) in [6.45, 7) is 5.72. The molecule has 0 atom stereocenters. The van der Waals surface area contributed by atoms with Crippen LogP contribution >= 0.6 is 0 Å². The lowest BCUT2D eigenvalue weighted by Crippen LogP contribution is -2.27. The maximum Gasteiger partial charge on any atom is 0.0575 e. The summed E-state index contributed by atoms with van der Waals surface area (Å²) in [5.74, 6) is 0.761. The van der Waals surface area contributed by atoms with Crippen molar-refractivity contribution < 1.29 is 0 Å². The lowest BCUT2D eigenvalue weighted by Gasteiger charge is -2.25. The number of aromatic nitrogens is 1. The fourth-order valence-corrected chi connectivity index (χ4v) is 2.03. The van der Waals surface area contributed by atoms with E-state index in [1.54, 1.807) is 0 Å². The first-order valence-electron chi connectivity index (χ1n) is 6.60. The molecule has 0 radical (unpaired) electrons. The van der Waals surface area contributed by atoms with E-state index in [9.17, 15) is 0 Å². The maximum absolute atomic E-state index is 4.31. The highest BCUT2D eigenvalue weighted by molar-refractivity contribution is 5.56. The van der Waals surface area contributed by atoms with Gasteiger partial charge in [-0.2, -0.15) is 0 Å². The molecule has 0 aliphatic heterocycles. The van der Waals surface area contributed by atoms with Gasteiger partial charge in [-0.25, -0.2) is 0 Å². The van der Waals surface area contributed by atoms with Crippen LogP contribution in [0, 0.1) is 5.92 Å². The summed E-state index contributed by atoms with van der Waals surface area (Å²) in [6.07, 6.45) is 7.78. The second kappa shape index (κ2) is 5.39. The highest BCUT2D eigenvalue weighted by Gasteiger charge is 2.29. The van der Waals surface area contributed by atoms with Crippen molar-refractivity contribution in [2.24, 2.45) is 5.92 Å². The fourth-order valence-electron chi connectivity index (χ4n) is 2.03. The van der Waals surface area contributed by atoms with Gasteiger partial charge in [0.15, 0.2) is 0 Å². The van der Waals surface area contributed by atoms with Crippen LogP contribution in [0.4, 0.5) is 11.4 Å². The van der Waals surface area contributed by atoms with Gasteiger partial charge in [0.05, 0.1) is 23.8 Å². The Morgan fingerprint density at radius 2 is 2.18 bits per heavy atom. The molecular weight excluding hydrogens is 210 g/mol. The second-order valence-electron chi connectivity index (χ2n) is 5.29. The molecule has 17 heavy (non-hydrogen) atoms. The molecule has 1 saturated carbocycles. The number of rotatable bonds is 6. The molecule has 94 valence electrons. The van der Waals surface area contributed by atoms with E-state index in [2.05, 4.69) is 35.1 Å². The van der Waals surface area contributed by atoms with E-state index in [0.29, 0.717) is 0 Å². The highest BCUT2D eigenvalue weighted by Crippen LogP contribution is 2.32. The molecule has 1 heterocycles. The van der Waals surface area contributed by atoms with Gasteiger partial charge < -0.3 is 10.2 Å². The molecule has 1 fully saturated rings. The fraction of sp³-hybridized carbons (Fsp3) is 0.643. The molecule has 3 nitrogen and oxygen atoms in total. The molecule has 0 spiro atoms. The molecule has 0 amide bonds. The average molecular weight is 233 g/mol. The number of pyridine rings is 1. The summed E-state index contributed by atoms with van der Waals surface area (Å²) in [7, 11) is 1.94. The molecule has 1 aromatic rings. The molecule has 2 rings (SSSR count). The first kappa shape index (κ1) is 12.2. The summed E-state index contributed by atoms with van der Waals surface area (Å²) in [5, 5.41) is 3.16. The largest absolute Gasteiger partial charge is 0.387 e. The number of hydrogen-bond donors (Lipinski definition) is 1. The van der Waals surface area contributed by atoms with Gasteiger partial charge in [-0.3, -0.25) is 4.98 Å². The van der Waals surface area contributed by atoms with Crippen molar-refractivity contribution in [1.82, 2.24) is 4.98 Å². The van der Waals surface area contributed by atoms with E-state index in [-0.39, 0.29) is 0 Å². The number of hydrogen-bond acceptors (Lipinski definition) is 3. The zero-order chi connectivity index (χ0) is 12.3. The van der Waals surface area contributed by atoms with Crippen LogP contribution in [-0.2, 0) is 0 Å². The molecule has 1 N–H and O–H groups in total.